The molecule has 0 heterocycles. The van der Waals surface area contributed by atoms with Gasteiger partial charge in [-0.3, -0.25) is 4.79 Å². The predicted octanol–water partition coefficient (Wildman–Crippen LogP) is 1.96. The quantitative estimate of drug-likeness (QED) is 0.572. The van der Waals surface area contributed by atoms with E-state index in [-0.39, 0.29) is 16.9 Å². The lowest BCUT2D eigenvalue weighted by atomic mass is 10.1. The van der Waals surface area contributed by atoms with E-state index in [0.29, 0.717) is 0 Å². The van der Waals surface area contributed by atoms with Crippen LogP contribution in [-0.4, -0.2) is 16.5 Å². The summed E-state index contributed by atoms with van der Waals surface area (Å²) in [5.74, 6) is -0.962. The Morgan fingerprint density at radius 2 is 1.92 bits per heavy atom. The van der Waals surface area contributed by atoms with E-state index in [1.807, 2.05) is 0 Å². The third-order valence-corrected chi connectivity index (χ3v) is 1.84. The first-order valence-corrected chi connectivity index (χ1v) is 3.74. The number of phenolic OH excluding ortho intramolecular Hbond substituents is 2. The number of alkyl halides is 1. The summed E-state index contributed by atoms with van der Waals surface area (Å²) in [5, 5.41) is 17.8. The Morgan fingerprint density at radius 1 is 1.38 bits per heavy atom. The minimum Gasteiger partial charge on any atom is -0.504 e. The van der Waals surface area contributed by atoms with Crippen molar-refractivity contribution in [2.24, 2.45) is 0 Å². The Bertz CT molecular complexity index is 340. The smallest absolute Gasteiger partial charge is 0.182 e. The second-order valence-electron chi connectivity index (χ2n) is 2.40. The maximum absolute atomic E-state index is 12.8. The van der Waals surface area contributed by atoms with Gasteiger partial charge in [-0.25, -0.2) is 4.39 Å². The van der Waals surface area contributed by atoms with Gasteiger partial charge < -0.3 is 10.2 Å². The van der Waals surface area contributed by atoms with Crippen molar-refractivity contribution in [2.75, 3.05) is 0 Å². The molecule has 3 nitrogen and oxygen atoms in total. The van der Waals surface area contributed by atoms with Crippen LogP contribution < -0.4 is 0 Å². The third-order valence-electron chi connectivity index (χ3n) is 1.51. The van der Waals surface area contributed by atoms with Crippen LogP contribution in [0.15, 0.2) is 12.1 Å². The molecule has 1 unspecified atom stereocenters. The van der Waals surface area contributed by atoms with Crippen molar-refractivity contribution >= 4 is 17.9 Å². The van der Waals surface area contributed by atoms with E-state index in [1.165, 1.54) is 0 Å². The van der Waals surface area contributed by atoms with E-state index in [4.69, 9.17) is 21.8 Å². The zero-order valence-corrected chi connectivity index (χ0v) is 7.12. The summed E-state index contributed by atoms with van der Waals surface area (Å²) in [6, 6.07) is 1.89. The van der Waals surface area contributed by atoms with Crippen molar-refractivity contribution in [3.63, 3.8) is 0 Å². The maximum atomic E-state index is 12.8. The minimum absolute atomic E-state index is 0.0533. The normalized spacial score (nSPS) is 12.5. The first-order valence-electron chi connectivity index (χ1n) is 3.37. The van der Waals surface area contributed by atoms with Crippen LogP contribution in [-0.2, 0) is 4.79 Å². The van der Waals surface area contributed by atoms with Gasteiger partial charge in [-0.1, -0.05) is 11.6 Å². The lowest BCUT2D eigenvalue weighted by Crippen LogP contribution is -1.93. The first kappa shape index (κ1) is 9.80. The van der Waals surface area contributed by atoms with Gasteiger partial charge in [0.1, 0.15) is 0 Å². The molecule has 0 aromatic heterocycles. The highest BCUT2D eigenvalue weighted by Crippen LogP contribution is 2.34. The predicted molar refractivity (Wildman–Crippen MR) is 44.7 cm³/mol. The third kappa shape index (κ3) is 1.89. The van der Waals surface area contributed by atoms with E-state index >= 15 is 0 Å². The van der Waals surface area contributed by atoms with Gasteiger partial charge in [-0.05, 0) is 6.07 Å². The molecular weight excluding hydrogens is 199 g/mol. The molecule has 0 fully saturated rings. The lowest BCUT2D eigenvalue weighted by Gasteiger charge is -2.05. The molecule has 0 saturated heterocycles. The molecular formula is C8H6ClFO3. The fourth-order valence-electron chi connectivity index (χ4n) is 0.852. The molecule has 2 N–H and O–H groups in total. The lowest BCUT2D eigenvalue weighted by molar-refractivity contribution is -0.112. The van der Waals surface area contributed by atoms with Crippen molar-refractivity contribution in [3.8, 4) is 11.5 Å². The van der Waals surface area contributed by atoms with Crippen LogP contribution in [0.4, 0.5) is 4.39 Å². The second kappa shape index (κ2) is 3.62. The van der Waals surface area contributed by atoms with Crippen molar-refractivity contribution in [3.05, 3.63) is 22.7 Å². The van der Waals surface area contributed by atoms with E-state index in [0.717, 1.165) is 12.1 Å². The molecule has 0 radical (unpaired) electrons. The molecule has 1 aromatic carbocycles. The Labute approximate surface area is 78.4 Å². The zero-order chi connectivity index (χ0) is 10.0. The Kier molecular flexibility index (Phi) is 2.72. The number of aldehydes is 1. The van der Waals surface area contributed by atoms with E-state index in [2.05, 4.69) is 0 Å². The van der Waals surface area contributed by atoms with E-state index < -0.39 is 17.7 Å². The second-order valence-corrected chi connectivity index (χ2v) is 2.81. The molecule has 5 heteroatoms. The van der Waals surface area contributed by atoms with Gasteiger partial charge >= 0.3 is 0 Å². The largest absolute Gasteiger partial charge is 0.504 e. The number of halogens is 2. The number of rotatable bonds is 2. The van der Waals surface area contributed by atoms with Crippen LogP contribution in [0.2, 0.25) is 5.02 Å². The summed E-state index contributed by atoms with van der Waals surface area (Å²) in [6.07, 6.45) is -1.84. The van der Waals surface area contributed by atoms with Gasteiger partial charge in [0.05, 0.1) is 5.02 Å². The fraction of sp³-hybridized carbons (Fsp3) is 0.125. The maximum Gasteiger partial charge on any atom is 0.182 e. The Balaban J connectivity index is 3.22. The fourth-order valence-corrected chi connectivity index (χ4v) is 1.11. The van der Waals surface area contributed by atoms with Crippen LogP contribution in [0.1, 0.15) is 11.7 Å². The van der Waals surface area contributed by atoms with Gasteiger partial charge in [0, 0.05) is 11.6 Å². The first-order chi connectivity index (χ1) is 6.06. The van der Waals surface area contributed by atoms with Gasteiger partial charge in [-0.2, -0.15) is 0 Å². The molecule has 1 rings (SSSR count). The van der Waals surface area contributed by atoms with Crippen molar-refractivity contribution in [1.82, 2.24) is 0 Å². The minimum atomic E-state index is -1.89. The molecule has 0 amide bonds. The van der Waals surface area contributed by atoms with Gasteiger partial charge in [0.25, 0.3) is 0 Å². The number of benzene rings is 1. The van der Waals surface area contributed by atoms with Crippen LogP contribution in [0.25, 0.3) is 0 Å². The monoisotopic (exact) mass is 204 g/mol. The molecule has 1 aromatic rings. The molecule has 13 heavy (non-hydrogen) atoms. The van der Waals surface area contributed by atoms with E-state index in [1.54, 1.807) is 0 Å². The molecule has 0 saturated carbocycles. The number of carbonyl (C=O) groups excluding carboxylic acids is 1. The average Bonchev–Trinajstić information content (AvgIpc) is 2.10. The highest BCUT2D eigenvalue weighted by Gasteiger charge is 2.15. The van der Waals surface area contributed by atoms with Gasteiger partial charge in [-0.15, -0.1) is 0 Å². The van der Waals surface area contributed by atoms with Crippen LogP contribution in [0.5, 0.6) is 11.5 Å². The molecule has 70 valence electrons. The number of hydrogen-bond donors (Lipinski definition) is 2. The summed E-state index contributed by atoms with van der Waals surface area (Å²) in [5.41, 5.74) is -0.160. The highest BCUT2D eigenvalue weighted by molar-refractivity contribution is 6.31. The van der Waals surface area contributed by atoms with Crippen LogP contribution in [0.3, 0.4) is 0 Å². The summed E-state index contributed by atoms with van der Waals surface area (Å²) in [4.78, 5) is 10.1. The van der Waals surface area contributed by atoms with Crippen molar-refractivity contribution < 1.29 is 19.4 Å². The molecule has 0 bridgehead atoms. The number of carbonyl (C=O) groups is 1. The van der Waals surface area contributed by atoms with Crippen molar-refractivity contribution in [2.45, 2.75) is 6.17 Å². The topological polar surface area (TPSA) is 57.5 Å². The number of aromatic hydroxyl groups is 2. The highest BCUT2D eigenvalue weighted by atomic mass is 35.5. The summed E-state index contributed by atoms with van der Waals surface area (Å²) in [7, 11) is 0. The van der Waals surface area contributed by atoms with E-state index in [9.17, 15) is 9.18 Å². The molecule has 0 aliphatic carbocycles. The molecule has 0 aliphatic heterocycles. The standard InChI is InChI=1S/C8H6ClFO3/c9-5-2-8(13)7(12)1-4(5)6(10)3-11/h1-3,6,12-13H. The van der Waals surface area contributed by atoms with Crippen LogP contribution in [0, 0.1) is 0 Å². The molecule has 0 spiro atoms. The number of hydrogen-bond acceptors (Lipinski definition) is 3. The SMILES string of the molecule is O=CC(F)c1cc(O)c(O)cc1Cl. The van der Waals surface area contributed by atoms with Gasteiger partial charge in [0.2, 0.25) is 0 Å². The Morgan fingerprint density at radius 3 is 2.46 bits per heavy atom. The summed E-state index contributed by atoms with van der Waals surface area (Å²) in [6.45, 7) is 0. The number of phenols is 2. The molecule has 1 atom stereocenters. The summed E-state index contributed by atoms with van der Waals surface area (Å²) >= 11 is 5.51. The van der Waals surface area contributed by atoms with Crippen molar-refractivity contribution in [1.29, 1.82) is 0 Å². The van der Waals surface area contributed by atoms with Gasteiger partial charge in [0.15, 0.2) is 24.0 Å². The Hall–Kier alpha value is -1.29. The molecule has 0 aliphatic rings. The summed E-state index contributed by atoms with van der Waals surface area (Å²) < 4.78 is 12.8. The zero-order valence-electron chi connectivity index (χ0n) is 6.37. The average molecular weight is 205 g/mol. The van der Waals surface area contributed by atoms with Crippen LogP contribution >= 0.6 is 11.6 Å².